The first-order chi connectivity index (χ1) is 19.3. The fourth-order valence-electron chi connectivity index (χ4n) is 5.56. The smallest absolute Gasteiger partial charge is 0.328 e. The number of rotatable bonds is 15. The summed E-state index contributed by atoms with van der Waals surface area (Å²) in [6, 6.07) is 13.7. The number of carbonyl (C=O) groups excluding carboxylic acids is 2. The molecule has 3 rings (SSSR count). The standard InChI is InChI=1S/C33H49N3O3S/c1-25-11-9-10-14-28(25)30-23-27(15-16-29(30)32(37)34-31(18-22-40-5)33(38)39-4)24-36(21-20-35(2)3)19-17-26-12-7-6-8-13-26/h9-11,14-16,23,26,31H,6-8,12-13,17-22,24H2,1-5H3,(H,34,37)/t31-/m0/s1. The van der Waals surface area contributed by atoms with Gasteiger partial charge in [-0.15, -0.1) is 0 Å². The Bertz CT molecular complexity index is 1080. The van der Waals surface area contributed by atoms with Crippen molar-refractivity contribution in [1.82, 2.24) is 15.1 Å². The summed E-state index contributed by atoms with van der Waals surface area (Å²) in [5.41, 5.74) is 4.83. The summed E-state index contributed by atoms with van der Waals surface area (Å²) in [5, 5.41) is 2.96. The molecule has 0 radical (unpaired) electrons. The van der Waals surface area contributed by atoms with Crippen LogP contribution in [-0.2, 0) is 16.1 Å². The van der Waals surface area contributed by atoms with E-state index in [1.54, 1.807) is 11.8 Å². The normalized spacial score (nSPS) is 14.9. The second kappa shape index (κ2) is 16.8. The first kappa shape index (κ1) is 32.2. The van der Waals surface area contributed by atoms with Gasteiger partial charge >= 0.3 is 5.97 Å². The highest BCUT2D eigenvalue weighted by Crippen LogP contribution is 2.30. The molecule has 1 aliphatic rings. The number of benzene rings is 2. The van der Waals surface area contributed by atoms with E-state index in [0.717, 1.165) is 54.5 Å². The Morgan fingerprint density at radius 1 is 1.02 bits per heavy atom. The summed E-state index contributed by atoms with van der Waals surface area (Å²) < 4.78 is 4.98. The molecule has 40 heavy (non-hydrogen) atoms. The molecular formula is C33H49N3O3S. The highest BCUT2D eigenvalue weighted by atomic mass is 32.2. The maximum Gasteiger partial charge on any atom is 0.328 e. The predicted molar refractivity (Wildman–Crippen MR) is 168 cm³/mol. The van der Waals surface area contributed by atoms with Crippen LogP contribution in [0.4, 0.5) is 0 Å². The summed E-state index contributed by atoms with van der Waals surface area (Å²) in [7, 11) is 5.62. The molecule has 0 saturated heterocycles. The summed E-state index contributed by atoms with van der Waals surface area (Å²) in [5.74, 6) is 0.944. The topological polar surface area (TPSA) is 61.9 Å². The van der Waals surface area contributed by atoms with Crippen LogP contribution in [0.3, 0.4) is 0 Å². The van der Waals surface area contributed by atoms with Crippen LogP contribution < -0.4 is 5.32 Å². The molecule has 0 heterocycles. The number of ether oxygens (including phenoxy) is 1. The van der Waals surface area contributed by atoms with Crippen molar-refractivity contribution in [2.24, 2.45) is 5.92 Å². The van der Waals surface area contributed by atoms with E-state index in [-0.39, 0.29) is 5.91 Å². The lowest BCUT2D eigenvalue weighted by Gasteiger charge is -2.28. The molecule has 1 fully saturated rings. The third-order valence-electron chi connectivity index (χ3n) is 8.01. The third-order valence-corrected chi connectivity index (χ3v) is 8.66. The minimum atomic E-state index is -0.671. The van der Waals surface area contributed by atoms with Gasteiger partial charge in [-0.3, -0.25) is 9.69 Å². The van der Waals surface area contributed by atoms with Gasteiger partial charge in [0.15, 0.2) is 0 Å². The van der Waals surface area contributed by atoms with Crippen molar-refractivity contribution >= 4 is 23.6 Å². The number of carbonyl (C=O) groups is 2. The molecule has 1 amide bonds. The highest BCUT2D eigenvalue weighted by molar-refractivity contribution is 7.98. The Morgan fingerprint density at radius 2 is 1.77 bits per heavy atom. The van der Waals surface area contributed by atoms with E-state index in [0.29, 0.717) is 12.0 Å². The first-order valence-corrected chi connectivity index (χ1v) is 16.2. The molecule has 1 aliphatic carbocycles. The maximum atomic E-state index is 13.6. The number of hydrogen-bond acceptors (Lipinski definition) is 6. The van der Waals surface area contributed by atoms with Gasteiger partial charge in [-0.25, -0.2) is 4.79 Å². The first-order valence-electron chi connectivity index (χ1n) is 14.8. The third kappa shape index (κ3) is 9.93. The van der Waals surface area contributed by atoms with Crippen LogP contribution in [0, 0.1) is 12.8 Å². The van der Waals surface area contributed by atoms with E-state index in [1.165, 1.54) is 51.2 Å². The fourth-order valence-corrected chi connectivity index (χ4v) is 6.03. The number of esters is 1. The van der Waals surface area contributed by atoms with Crippen LogP contribution in [0.25, 0.3) is 11.1 Å². The summed E-state index contributed by atoms with van der Waals surface area (Å²) in [4.78, 5) is 30.8. The van der Waals surface area contributed by atoms with E-state index >= 15 is 0 Å². The lowest BCUT2D eigenvalue weighted by Crippen LogP contribution is -2.42. The van der Waals surface area contributed by atoms with Crippen LogP contribution in [0.2, 0.25) is 0 Å². The van der Waals surface area contributed by atoms with Crippen molar-refractivity contribution in [3.05, 3.63) is 59.2 Å². The number of hydrogen-bond donors (Lipinski definition) is 1. The van der Waals surface area contributed by atoms with Crippen LogP contribution in [0.15, 0.2) is 42.5 Å². The SMILES string of the molecule is COC(=O)[C@H](CCSC)NC(=O)c1ccc(CN(CCC2CCCCC2)CCN(C)C)cc1-c1ccccc1C. The van der Waals surface area contributed by atoms with E-state index in [2.05, 4.69) is 60.4 Å². The Hall–Kier alpha value is -2.35. The van der Waals surface area contributed by atoms with Crippen LogP contribution in [-0.4, -0.2) is 80.6 Å². The van der Waals surface area contributed by atoms with Gasteiger partial charge in [0.2, 0.25) is 0 Å². The molecule has 1 atom stereocenters. The fraction of sp³-hybridized carbons (Fsp3) is 0.576. The number of nitrogens with zero attached hydrogens (tertiary/aromatic N) is 2. The number of methoxy groups -OCH3 is 1. The van der Waals surface area contributed by atoms with Crippen molar-refractivity contribution in [3.8, 4) is 11.1 Å². The molecule has 0 spiro atoms. The Kier molecular flexibility index (Phi) is 13.5. The number of thioether (sulfide) groups is 1. The zero-order chi connectivity index (χ0) is 28.9. The minimum Gasteiger partial charge on any atom is -0.467 e. The predicted octanol–water partition coefficient (Wildman–Crippen LogP) is 6.02. The van der Waals surface area contributed by atoms with Gasteiger partial charge in [0.1, 0.15) is 6.04 Å². The summed E-state index contributed by atoms with van der Waals surface area (Å²) in [6.07, 6.45) is 10.6. The Labute approximate surface area is 246 Å². The zero-order valence-corrected chi connectivity index (χ0v) is 26.0. The molecule has 1 saturated carbocycles. The van der Waals surface area contributed by atoms with Gasteiger partial charge in [-0.05, 0) is 92.7 Å². The van der Waals surface area contributed by atoms with E-state index in [1.807, 2.05) is 24.5 Å². The molecule has 0 aromatic heterocycles. The molecule has 220 valence electrons. The van der Waals surface area contributed by atoms with E-state index in [9.17, 15) is 9.59 Å². The molecular weight excluding hydrogens is 518 g/mol. The van der Waals surface area contributed by atoms with Gasteiger partial charge in [0, 0.05) is 25.2 Å². The van der Waals surface area contributed by atoms with Crippen molar-refractivity contribution in [3.63, 3.8) is 0 Å². The minimum absolute atomic E-state index is 0.247. The van der Waals surface area contributed by atoms with Gasteiger partial charge in [-0.2, -0.15) is 11.8 Å². The molecule has 0 bridgehead atoms. The lowest BCUT2D eigenvalue weighted by atomic mass is 9.87. The van der Waals surface area contributed by atoms with Gasteiger partial charge in [0.05, 0.1) is 7.11 Å². The van der Waals surface area contributed by atoms with Crippen molar-refractivity contribution in [2.75, 3.05) is 52.8 Å². The summed E-state index contributed by atoms with van der Waals surface area (Å²) >= 11 is 1.64. The molecule has 2 aromatic carbocycles. The second-order valence-electron chi connectivity index (χ2n) is 11.4. The molecule has 1 N–H and O–H groups in total. The number of likely N-dealkylation sites (N-methyl/N-ethyl adjacent to an activating group) is 1. The van der Waals surface area contributed by atoms with E-state index < -0.39 is 12.0 Å². The van der Waals surface area contributed by atoms with Crippen LogP contribution >= 0.6 is 11.8 Å². The molecule has 0 aliphatic heterocycles. The average Bonchev–Trinajstić information content (AvgIpc) is 2.96. The maximum absolute atomic E-state index is 13.6. The van der Waals surface area contributed by atoms with Crippen LogP contribution in [0.1, 0.15) is 66.4 Å². The van der Waals surface area contributed by atoms with Crippen molar-refractivity contribution in [2.45, 2.75) is 64.5 Å². The summed E-state index contributed by atoms with van der Waals surface area (Å²) in [6.45, 7) is 6.04. The Balaban J connectivity index is 1.87. The Morgan fingerprint density at radius 3 is 2.45 bits per heavy atom. The van der Waals surface area contributed by atoms with E-state index in [4.69, 9.17) is 4.74 Å². The molecule has 0 unspecified atom stereocenters. The van der Waals surface area contributed by atoms with Gasteiger partial charge in [-0.1, -0.05) is 62.4 Å². The lowest BCUT2D eigenvalue weighted by molar-refractivity contribution is -0.142. The number of amides is 1. The molecule has 2 aromatic rings. The van der Waals surface area contributed by atoms with Gasteiger partial charge in [0.25, 0.3) is 5.91 Å². The van der Waals surface area contributed by atoms with Gasteiger partial charge < -0.3 is 15.0 Å². The quantitative estimate of drug-likeness (QED) is 0.266. The average molecular weight is 568 g/mol. The van der Waals surface area contributed by atoms with Crippen LogP contribution in [0.5, 0.6) is 0 Å². The number of nitrogens with one attached hydrogen (secondary N) is 1. The highest BCUT2D eigenvalue weighted by Gasteiger charge is 2.24. The second-order valence-corrected chi connectivity index (χ2v) is 12.4. The monoisotopic (exact) mass is 567 g/mol. The molecule has 7 heteroatoms. The zero-order valence-electron chi connectivity index (χ0n) is 25.2. The van der Waals surface area contributed by atoms with Crippen molar-refractivity contribution < 1.29 is 14.3 Å². The largest absolute Gasteiger partial charge is 0.467 e. The van der Waals surface area contributed by atoms with Crippen molar-refractivity contribution in [1.29, 1.82) is 0 Å². The number of aryl methyl sites for hydroxylation is 1. The molecule has 6 nitrogen and oxygen atoms in total.